The Morgan fingerprint density at radius 2 is 0.686 bits per heavy atom. The Kier molecular flexibility index (Phi) is 18.7. The first-order chi connectivity index (χ1) is 17.3. The molecule has 1 nitrogen and oxygen atoms in total. The van der Waals surface area contributed by atoms with E-state index in [2.05, 4.69) is 13.8 Å². The smallest absolute Gasteiger partial charge is 0.0820 e. The average molecular weight is 491 g/mol. The summed E-state index contributed by atoms with van der Waals surface area (Å²) in [6, 6.07) is 0. The highest BCUT2D eigenvalue weighted by Crippen LogP contribution is 2.40. The standard InChI is InChI=1S/C34H68N/c1-3-5-7-9-11-13-14-15-16-17-18-20-22-26-30-35(29-25-21-19-12-10-8-6-4-2)31-33-27-23-24-28-34(33)32-35/h33-34H,3-32H2,1-2H3/q+1/t33-,34-/m1/s1. The van der Waals surface area contributed by atoms with Gasteiger partial charge >= 0.3 is 0 Å². The molecule has 0 unspecified atom stereocenters. The molecule has 0 bridgehead atoms. The van der Waals surface area contributed by atoms with Crippen LogP contribution in [0.15, 0.2) is 0 Å². The van der Waals surface area contributed by atoms with Gasteiger partial charge in [0.1, 0.15) is 0 Å². The Morgan fingerprint density at radius 3 is 1.00 bits per heavy atom. The third-order valence-electron chi connectivity index (χ3n) is 9.78. The van der Waals surface area contributed by atoms with Crippen LogP contribution in [0.3, 0.4) is 0 Å². The van der Waals surface area contributed by atoms with E-state index in [1.165, 1.54) is 172 Å². The van der Waals surface area contributed by atoms with Gasteiger partial charge in [0.25, 0.3) is 0 Å². The van der Waals surface area contributed by atoms with E-state index in [1.54, 1.807) is 25.9 Å². The second-order valence-electron chi connectivity index (χ2n) is 13.0. The second kappa shape index (κ2) is 21.0. The molecule has 1 aliphatic carbocycles. The molecule has 0 aromatic heterocycles. The van der Waals surface area contributed by atoms with Gasteiger partial charge in [-0.1, -0.05) is 142 Å². The molecule has 1 heteroatoms. The fourth-order valence-electron chi connectivity index (χ4n) is 7.53. The maximum Gasteiger partial charge on any atom is 0.0820 e. The van der Waals surface area contributed by atoms with E-state index in [0.717, 1.165) is 11.8 Å². The van der Waals surface area contributed by atoms with Crippen LogP contribution in [0.1, 0.15) is 181 Å². The van der Waals surface area contributed by atoms with E-state index in [0.29, 0.717) is 0 Å². The maximum atomic E-state index is 2.33. The van der Waals surface area contributed by atoms with Gasteiger partial charge in [0.2, 0.25) is 0 Å². The lowest BCUT2D eigenvalue weighted by atomic mass is 9.82. The van der Waals surface area contributed by atoms with Crippen molar-refractivity contribution in [3.8, 4) is 0 Å². The fraction of sp³-hybridized carbons (Fsp3) is 1.00. The average Bonchev–Trinajstić information content (AvgIpc) is 3.24. The summed E-state index contributed by atoms with van der Waals surface area (Å²) in [5.74, 6) is 2.17. The first-order valence-corrected chi connectivity index (χ1v) is 17.1. The van der Waals surface area contributed by atoms with Gasteiger partial charge < -0.3 is 4.48 Å². The van der Waals surface area contributed by atoms with E-state index in [1.807, 2.05) is 0 Å². The number of quaternary nitrogens is 1. The van der Waals surface area contributed by atoms with Gasteiger partial charge in [-0.3, -0.25) is 0 Å². The summed E-state index contributed by atoms with van der Waals surface area (Å²) >= 11 is 0. The van der Waals surface area contributed by atoms with Crippen LogP contribution in [0.2, 0.25) is 0 Å². The SMILES string of the molecule is CCCCCCCCCCCCCCCC[N+]1(CCCCCCCCCC)C[C@H]2CCCC[C@@H]2C1. The van der Waals surface area contributed by atoms with Gasteiger partial charge in [-0.2, -0.15) is 0 Å². The molecule has 1 heterocycles. The summed E-state index contributed by atoms with van der Waals surface area (Å²) < 4.78 is 1.53. The van der Waals surface area contributed by atoms with Crippen molar-refractivity contribution in [2.24, 2.45) is 11.8 Å². The summed E-state index contributed by atoms with van der Waals surface area (Å²) in [6.45, 7) is 10.8. The summed E-state index contributed by atoms with van der Waals surface area (Å²) in [4.78, 5) is 0. The first kappa shape index (κ1) is 31.2. The van der Waals surface area contributed by atoms with E-state index in [4.69, 9.17) is 0 Å². The lowest BCUT2D eigenvalue weighted by Crippen LogP contribution is -2.47. The molecule has 0 amide bonds. The highest BCUT2D eigenvalue weighted by atomic mass is 15.4. The third-order valence-corrected chi connectivity index (χ3v) is 9.78. The summed E-state index contributed by atoms with van der Waals surface area (Å²) in [5.41, 5.74) is 0. The lowest BCUT2D eigenvalue weighted by molar-refractivity contribution is -0.919. The van der Waals surface area contributed by atoms with Gasteiger partial charge in [0.15, 0.2) is 0 Å². The Bertz CT molecular complexity index is 444. The quantitative estimate of drug-likeness (QED) is 0.0931. The van der Waals surface area contributed by atoms with Crippen LogP contribution in [-0.2, 0) is 0 Å². The maximum absolute atomic E-state index is 2.33. The van der Waals surface area contributed by atoms with Crippen molar-refractivity contribution < 1.29 is 4.48 Å². The van der Waals surface area contributed by atoms with Crippen LogP contribution in [0.25, 0.3) is 0 Å². The topological polar surface area (TPSA) is 0 Å². The van der Waals surface area contributed by atoms with Crippen molar-refractivity contribution >= 4 is 0 Å². The fourth-order valence-corrected chi connectivity index (χ4v) is 7.53. The zero-order chi connectivity index (χ0) is 24.9. The molecule has 1 aliphatic heterocycles. The number of hydrogen-bond donors (Lipinski definition) is 0. The number of rotatable bonds is 24. The minimum atomic E-state index is 1.09. The second-order valence-corrected chi connectivity index (χ2v) is 13.0. The van der Waals surface area contributed by atoms with Crippen LogP contribution in [0, 0.1) is 11.8 Å². The Labute approximate surface area is 223 Å². The number of likely N-dealkylation sites (tertiary alicyclic amines) is 1. The summed E-state index contributed by atoms with van der Waals surface area (Å²) in [5, 5.41) is 0. The molecule has 1 saturated carbocycles. The predicted octanol–water partition coefficient (Wildman–Crippen LogP) is 11.2. The molecule has 2 rings (SSSR count). The zero-order valence-electron chi connectivity index (χ0n) is 24.8. The van der Waals surface area contributed by atoms with Crippen LogP contribution in [-0.4, -0.2) is 30.7 Å². The highest BCUT2D eigenvalue weighted by molar-refractivity contribution is 4.81. The lowest BCUT2D eigenvalue weighted by Gasteiger charge is -2.35. The molecule has 0 radical (unpaired) electrons. The molecule has 0 N–H and O–H groups in total. The Balaban J connectivity index is 1.52. The minimum Gasteiger partial charge on any atom is -0.323 e. The van der Waals surface area contributed by atoms with Gasteiger partial charge in [-0.25, -0.2) is 0 Å². The van der Waals surface area contributed by atoms with Crippen molar-refractivity contribution in [1.29, 1.82) is 0 Å². The minimum absolute atomic E-state index is 1.09. The molecule has 1 saturated heterocycles. The monoisotopic (exact) mass is 491 g/mol. The van der Waals surface area contributed by atoms with Crippen molar-refractivity contribution in [3.63, 3.8) is 0 Å². The van der Waals surface area contributed by atoms with Crippen molar-refractivity contribution in [1.82, 2.24) is 0 Å². The van der Waals surface area contributed by atoms with E-state index < -0.39 is 0 Å². The van der Waals surface area contributed by atoms with Gasteiger partial charge in [-0.15, -0.1) is 0 Å². The van der Waals surface area contributed by atoms with Crippen LogP contribution >= 0.6 is 0 Å². The number of fused-ring (bicyclic) bond motifs is 1. The Morgan fingerprint density at radius 1 is 0.400 bits per heavy atom. The molecule has 2 aliphatic rings. The number of hydrogen-bond acceptors (Lipinski definition) is 0. The molecule has 0 aromatic rings. The molecule has 2 atom stereocenters. The molecular formula is C34H68N+. The first-order valence-electron chi connectivity index (χ1n) is 17.1. The largest absolute Gasteiger partial charge is 0.323 e. The van der Waals surface area contributed by atoms with E-state index in [9.17, 15) is 0 Å². The van der Waals surface area contributed by atoms with E-state index >= 15 is 0 Å². The number of nitrogens with zero attached hydrogens (tertiary/aromatic N) is 1. The highest BCUT2D eigenvalue weighted by Gasteiger charge is 2.44. The van der Waals surface area contributed by atoms with Crippen LogP contribution in [0.4, 0.5) is 0 Å². The molecule has 0 aromatic carbocycles. The van der Waals surface area contributed by atoms with Crippen molar-refractivity contribution in [2.45, 2.75) is 181 Å². The van der Waals surface area contributed by atoms with Crippen LogP contribution < -0.4 is 0 Å². The normalized spacial score (nSPS) is 21.4. The molecule has 208 valence electrons. The summed E-state index contributed by atoms with van der Waals surface area (Å²) in [7, 11) is 0. The van der Waals surface area contributed by atoms with Crippen LogP contribution in [0.5, 0.6) is 0 Å². The van der Waals surface area contributed by atoms with Gasteiger partial charge in [0.05, 0.1) is 26.2 Å². The van der Waals surface area contributed by atoms with Crippen molar-refractivity contribution in [3.05, 3.63) is 0 Å². The predicted molar refractivity (Wildman–Crippen MR) is 158 cm³/mol. The van der Waals surface area contributed by atoms with Gasteiger partial charge in [0, 0.05) is 11.8 Å². The summed E-state index contributed by atoms with van der Waals surface area (Å²) in [6.07, 6.45) is 38.7. The Hall–Kier alpha value is -0.0400. The molecule has 2 fully saturated rings. The van der Waals surface area contributed by atoms with E-state index in [-0.39, 0.29) is 0 Å². The third kappa shape index (κ3) is 14.5. The zero-order valence-corrected chi connectivity index (χ0v) is 24.8. The van der Waals surface area contributed by atoms with Gasteiger partial charge in [-0.05, 0) is 38.5 Å². The molecular weight excluding hydrogens is 422 g/mol. The van der Waals surface area contributed by atoms with Crippen molar-refractivity contribution in [2.75, 3.05) is 26.2 Å². The molecule has 0 spiro atoms. The molecule has 35 heavy (non-hydrogen) atoms. The number of unbranched alkanes of at least 4 members (excludes halogenated alkanes) is 20.